The highest BCUT2D eigenvalue weighted by Gasteiger charge is 2.13. The first-order valence-corrected chi connectivity index (χ1v) is 6.12. The summed E-state index contributed by atoms with van der Waals surface area (Å²) in [5.41, 5.74) is 5.09. The Labute approximate surface area is 108 Å². The average Bonchev–Trinajstić information content (AvgIpc) is 2.31. The quantitative estimate of drug-likeness (QED) is 0.678. The first-order valence-electron chi connectivity index (χ1n) is 6.12. The molecule has 92 valence electrons. The third kappa shape index (κ3) is 2.08. The lowest BCUT2D eigenvalue weighted by molar-refractivity contribution is -0.112. The number of allylic oxidation sites excluding steroid dienone is 4. The number of benzene rings is 1. The zero-order valence-corrected chi connectivity index (χ0v) is 11.4. The lowest BCUT2D eigenvalue weighted by Crippen LogP contribution is -2.18. The maximum atomic E-state index is 11.7. The minimum absolute atomic E-state index is 0.140. The van der Waals surface area contributed by atoms with Crippen LogP contribution in [-0.2, 0) is 4.79 Å². The second-order valence-corrected chi connectivity index (χ2v) is 5.03. The maximum Gasteiger partial charge on any atom is 0.184 e. The maximum absolute atomic E-state index is 11.7. The van der Waals surface area contributed by atoms with Crippen molar-refractivity contribution in [2.45, 2.75) is 27.7 Å². The van der Waals surface area contributed by atoms with Crippen LogP contribution in [0, 0.1) is 13.8 Å². The first-order chi connectivity index (χ1) is 8.40. The van der Waals surface area contributed by atoms with Gasteiger partial charge >= 0.3 is 0 Å². The average molecular weight is 238 g/mol. The fourth-order valence-electron chi connectivity index (χ4n) is 2.28. The van der Waals surface area contributed by atoms with Gasteiger partial charge in [-0.3, -0.25) is 4.79 Å². The summed E-state index contributed by atoms with van der Waals surface area (Å²) in [6.07, 6.45) is 3.93. The predicted octanol–water partition coefficient (Wildman–Crippen LogP) is 2.34. The highest BCUT2D eigenvalue weighted by Crippen LogP contribution is 2.18. The molecule has 1 aliphatic carbocycles. The molecule has 0 unspecified atom stereocenters. The van der Waals surface area contributed by atoms with Gasteiger partial charge in [0, 0.05) is 0 Å². The zero-order valence-electron chi connectivity index (χ0n) is 11.4. The number of carbonyl (C=O) groups excluding carboxylic acids is 1. The molecule has 0 atom stereocenters. The van der Waals surface area contributed by atoms with E-state index in [1.54, 1.807) is 0 Å². The van der Waals surface area contributed by atoms with Gasteiger partial charge in [-0.1, -0.05) is 18.7 Å². The van der Waals surface area contributed by atoms with Crippen LogP contribution >= 0.6 is 0 Å². The Balaban J connectivity index is 2.78. The molecule has 1 heteroatoms. The van der Waals surface area contributed by atoms with Crippen LogP contribution in [0.3, 0.4) is 0 Å². The number of carbonyl (C=O) groups is 1. The van der Waals surface area contributed by atoms with E-state index in [4.69, 9.17) is 0 Å². The third-order valence-electron chi connectivity index (χ3n) is 3.49. The van der Waals surface area contributed by atoms with E-state index in [1.807, 2.05) is 26.0 Å². The largest absolute Gasteiger partial charge is 0.289 e. The fourth-order valence-corrected chi connectivity index (χ4v) is 2.28. The van der Waals surface area contributed by atoms with E-state index in [9.17, 15) is 4.79 Å². The minimum atomic E-state index is 0.140. The summed E-state index contributed by atoms with van der Waals surface area (Å²) in [6, 6.07) is 4.27. The molecule has 0 radical (unpaired) electrons. The van der Waals surface area contributed by atoms with Gasteiger partial charge in [-0.2, -0.15) is 0 Å². The topological polar surface area (TPSA) is 17.1 Å². The highest BCUT2D eigenvalue weighted by atomic mass is 16.1. The molecule has 0 aromatic heterocycles. The molecule has 0 amide bonds. The van der Waals surface area contributed by atoms with Crippen molar-refractivity contribution >= 4 is 17.9 Å². The summed E-state index contributed by atoms with van der Waals surface area (Å²) in [5.74, 6) is 0.140. The van der Waals surface area contributed by atoms with E-state index < -0.39 is 0 Å². The molecule has 2 rings (SSSR count). The molecular formula is C17H18O. The van der Waals surface area contributed by atoms with Gasteiger partial charge < -0.3 is 0 Å². The van der Waals surface area contributed by atoms with Crippen molar-refractivity contribution < 1.29 is 4.79 Å². The summed E-state index contributed by atoms with van der Waals surface area (Å²) in [7, 11) is 0. The first kappa shape index (κ1) is 12.6. The van der Waals surface area contributed by atoms with Crippen molar-refractivity contribution in [1.29, 1.82) is 0 Å². The predicted molar refractivity (Wildman–Crippen MR) is 76.6 cm³/mol. The van der Waals surface area contributed by atoms with Gasteiger partial charge in [0.1, 0.15) is 0 Å². The Hall–Kier alpha value is -1.89. The minimum Gasteiger partial charge on any atom is -0.289 e. The van der Waals surface area contributed by atoms with Gasteiger partial charge in [0.25, 0.3) is 0 Å². The number of hydrogen-bond acceptors (Lipinski definition) is 1. The van der Waals surface area contributed by atoms with E-state index in [2.05, 4.69) is 32.6 Å². The molecule has 0 spiro atoms. The second-order valence-electron chi connectivity index (χ2n) is 5.03. The summed E-state index contributed by atoms with van der Waals surface area (Å²) < 4.78 is 0. The Morgan fingerprint density at radius 1 is 0.889 bits per heavy atom. The second kappa shape index (κ2) is 4.41. The van der Waals surface area contributed by atoms with Crippen LogP contribution in [0.4, 0.5) is 0 Å². The van der Waals surface area contributed by atoms with Crippen molar-refractivity contribution in [3.63, 3.8) is 0 Å². The van der Waals surface area contributed by atoms with E-state index in [0.717, 1.165) is 27.2 Å². The van der Waals surface area contributed by atoms with Crippen LogP contribution in [-0.4, -0.2) is 5.78 Å². The SMILES string of the molecule is C=c1c(C)cc(=C2C=C(C)C(=O)C(C)=C2)cc1C. The van der Waals surface area contributed by atoms with Crippen molar-refractivity contribution in [2.24, 2.45) is 0 Å². The van der Waals surface area contributed by atoms with E-state index in [1.165, 1.54) is 11.1 Å². The smallest absolute Gasteiger partial charge is 0.184 e. The number of Topliss-reactive ketones (excluding diaryl/α,β-unsaturated/α-hetero) is 1. The summed E-state index contributed by atoms with van der Waals surface area (Å²) in [6.45, 7) is 11.9. The fraction of sp³-hybridized carbons (Fsp3) is 0.235. The molecule has 0 bridgehead atoms. The molecule has 0 saturated heterocycles. The normalized spacial score (nSPS) is 15.6. The molecule has 1 aromatic rings. The lowest BCUT2D eigenvalue weighted by Gasteiger charge is -2.10. The summed E-state index contributed by atoms with van der Waals surface area (Å²) in [5, 5.41) is 2.25. The molecule has 0 saturated carbocycles. The van der Waals surface area contributed by atoms with E-state index in [0.29, 0.717) is 0 Å². The monoisotopic (exact) mass is 238 g/mol. The van der Waals surface area contributed by atoms with Gasteiger partial charge in [-0.15, -0.1) is 0 Å². The van der Waals surface area contributed by atoms with Gasteiger partial charge in [-0.05, 0) is 78.1 Å². The zero-order chi connectivity index (χ0) is 13.4. The number of hydrogen-bond donors (Lipinski definition) is 0. The molecule has 0 heterocycles. The molecule has 1 nitrogen and oxygen atoms in total. The summed E-state index contributed by atoms with van der Waals surface area (Å²) >= 11 is 0. The summed E-state index contributed by atoms with van der Waals surface area (Å²) in [4.78, 5) is 11.7. The molecular weight excluding hydrogens is 220 g/mol. The Morgan fingerprint density at radius 3 is 1.78 bits per heavy atom. The third-order valence-corrected chi connectivity index (χ3v) is 3.49. The van der Waals surface area contributed by atoms with Crippen LogP contribution in [0.2, 0.25) is 0 Å². The molecule has 18 heavy (non-hydrogen) atoms. The van der Waals surface area contributed by atoms with Gasteiger partial charge in [0.15, 0.2) is 5.78 Å². The molecule has 1 aliphatic rings. The highest BCUT2D eigenvalue weighted by molar-refractivity contribution is 6.12. The van der Waals surface area contributed by atoms with Crippen LogP contribution in [0.5, 0.6) is 0 Å². The molecule has 0 aliphatic heterocycles. The molecule has 0 N–H and O–H groups in total. The van der Waals surface area contributed by atoms with Crippen LogP contribution in [0.1, 0.15) is 25.0 Å². The Morgan fingerprint density at radius 2 is 1.33 bits per heavy atom. The van der Waals surface area contributed by atoms with Gasteiger partial charge in [-0.25, -0.2) is 0 Å². The number of rotatable bonds is 0. The van der Waals surface area contributed by atoms with Gasteiger partial charge in [0.05, 0.1) is 0 Å². The van der Waals surface area contributed by atoms with Crippen molar-refractivity contribution in [3.05, 3.63) is 57.0 Å². The number of ketones is 1. The van der Waals surface area contributed by atoms with Crippen molar-refractivity contribution in [1.82, 2.24) is 0 Å². The standard InChI is InChI=1S/C17H18O/c1-10-6-15(7-11(2)14(10)5)16-8-12(3)17(18)13(4)9-16/h6-9H,5H2,1-4H3. The number of aryl methyl sites for hydroxylation is 2. The van der Waals surface area contributed by atoms with E-state index in [-0.39, 0.29) is 5.78 Å². The van der Waals surface area contributed by atoms with Crippen LogP contribution in [0.15, 0.2) is 35.4 Å². The van der Waals surface area contributed by atoms with Crippen LogP contribution < -0.4 is 10.4 Å². The lowest BCUT2D eigenvalue weighted by atomic mass is 9.93. The van der Waals surface area contributed by atoms with Gasteiger partial charge in [0.2, 0.25) is 0 Å². The van der Waals surface area contributed by atoms with Crippen molar-refractivity contribution in [3.8, 4) is 0 Å². The Kier molecular flexibility index (Phi) is 3.08. The van der Waals surface area contributed by atoms with Crippen LogP contribution in [0.25, 0.3) is 12.2 Å². The van der Waals surface area contributed by atoms with Crippen molar-refractivity contribution in [2.75, 3.05) is 0 Å². The van der Waals surface area contributed by atoms with E-state index >= 15 is 0 Å². The molecule has 1 aromatic carbocycles. The molecule has 0 fully saturated rings. The Bertz CT molecular complexity index is 647.